The Morgan fingerprint density at radius 2 is 2.00 bits per heavy atom. The van der Waals surface area contributed by atoms with Gasteiger partial charge in [-0.2, -0.15) is 13.2 Å². The van der Waals surface area contributed by atoms with Crippen molar-refractivity contribution in [3.8, 4) is 0 Å². The van der Waals surface area contributed by atoms with Gasteiger partial charge in [0.2, 0.25) is 0 Å². The van der Waals surface area contributed by atoms with Gasteiger partial charge < -0.3 is 5.32 Å². The number of alkyl halides is 4. The van der Waals surface area contributed by atoms with Crippen molar-refractivity contribution < 1.29 is 13.2 Å². The van der Waals surface area contributed by atoms with Crippen LogP contribution in [0.1, 0.15) is 19.8 Å². The quantitative estimate of drug-likeness (QED) is 0.535. The van der Waals surface area contributed by atoms with E-state index in [1.807, 2.05) is 6.92 Å². The predicted molar refractivity (Wildman–Crippen MR) is 43.5 cm³/mol. The molecule has 1 N–H and O–H groups in total. The maximum atomic E-state index is 11.6. The Labute approximate surface area is 75.3 Å². The summed E-state index contributed by atoms with van der Waals surface area (Å²) in [6, 6.07) is 0. The number of rotatable bonds is 5. The maximum absolute atomic E-state index is 11.6. The fourth-order valence-electron chi connectivity index (χ4n) is 0.738. The normalized spacial score (nSPS) is 14.8. The van der Waals surface area contributed by atoms with Crippen LogP contribution in [0.3, 0.4) is 0 Å². The van der Waals surface area contributed by atoms with E-state index in [1.54, 1.807) is 0 Å². The average molecular weight is 204 g/mol. The molecule has 1 unspecified atom stereocenters. The van der Waals surface area contributed by atoms with Crippen LogP contribution in [0.2, 0.25) is 0 Å². The molecule has 5 heteroatoms. The monoisotopic (exact) mass is 203 g/mol. The largest absolute Gasteiger partial charge is 0.401 e. The van der Waals surface area contributed by atoms with Crippen LogP contribution in [0, 0.1) is 0 Å². The van der Waals surface area contributed by atoms with Crippen LogP contribution in [0.5, 0.6) is 0 Å². The van der Waals surface area contributed by atoms with Gasteiger partial charge in [-0.25, -0.2) is 0 Å². The molecule has 0 aliphatic heterocycles. The van der Waals surface area contributed by atoms with Crippen LogP contribution in [0.15, 0.2) is 0 Å². The van der Waals surface area contributed by atoms with E-state index in [0.717, 1.165) is 6.42 Å². The molecule has 0 radical (unpaired) electrons. The summed E-state index contributed by atoms with van der Waals surface area (Å²) in [5, 5.41) is 2.34. The summed E-state index contributed by atoms with van der Waals surface area (Å²) >= 11 is 5.60. The highest BCUT2D eigenvalue weighted by Gasteiger charge is 2.25. The zero-order valence-electron chi connectivity index (χ0n) is 6.92. The van der Waals surface area contributed by atoms with E-state index in [-0.39, 0.29) is 5.38 Å². The fourth-order valence-corrected chi connectivity index (χ4v) is 0.893. The van der Waals surface area contributed by atoms with Gasteiger partial charge in [0.05, 0.1) is 6.54 Å². The second-order valence-corrected chi connectivity index (χ2v) is 3.46. The second kappa shape index (κ2) is 5.65. The molecule has 0 heterocycles. The van der Waals surface area contributed by atoms with Crippen LogP contribution >= 0.6 is 11.6 Å². The van der Waals surface area contributed by atoms with Crippen molar-refractivity contribution in [2.24, 2.45) is 0 Å². The van der Waals surface area contributed by atoms with Crippen molar-refractivity contribution in [2.75, 3.05) is 13.1 Å². The highest BCUT2D eigenvalue weighted by molar-refractivity contribution is 6.20. The van der Waals surface area contributed by atoms with Crippen molar-refractivity contribution >= 4 is 11.6 Å². The number of nitrogens with one attached hydrogen (secondary N) is 1. The lowest BCUT2D eigenvalue weighted by atomic mass is 10.2. The van der Waals surface area contributed by atoms with Crippen molar-refractivity contribution in [1.82, 2.24) is 5.32 Å². The van der Waals surface area contributed by atoms with Crippen LogP contribution < -0.4 is 5.32 Å². The SMILES string of the molecule is CC(Cl)CCCNCC(F)(F)F. The van der Waals surface area contributed by atoms with Crippen molar-refractivity contribution in [2.45, 2.75) is 31.3 Å². The highest BCUT2D eigenvalue weighted by atomic mass is 35.5. The lowest BCUT2D eigenvalue weighted by molar-refractivity contribution is -0.124. The fraction of sp³-hybridized carbons (Fsp3) is 1.00. The summed E-state index contributed by atoms with van der Waals surface area (Å²) in [5.41, 5.74) is 0. The van der Waals surface area contributed by atoms with E-state index >= 15 is 0 Å². The minimum Gasteiger partial charge on any atom is -0.309 e. The van der Waals surface area contributed by atoms with Gasteiger partial charge in [-0.15, -0.1) is 11.6 Å². The molecule has 0 aromatic heterocycles. The van der Waals surface area contributed by atoms with Gasteiger partial charge in [0, 0.05) is 5.38 Å². The first-order chi connectivity index (χ1) is 5.42. The molecule has 0 aromatic rings. The molecule has 0 amide bonds. The van der Waals surface area contributed by atoms with Crippen molar-refractivity contribution in [3.05, 3.63) is 0 Å². The molecule has 0 spiro atoms. The van der Waals surface area contributed by atoms with Gasteiger partial charge in [0.25, 0.3) is 0 Å². The maximum Gasteiger partial charge on any atom is 0.401 e. The first kappa shape index (κ1) is 12.0. The summed E-state index contributed by atoms with van der Waals surface area (Å²) in [7, 11) is 0. The Morgan fingerprint density at radius 1 is 1.42 bits per heavy atom. The molecule has 0 bridgehead atoms. The lowest BCUT2D eigenvalue weighted by Gasteiger charge is -2.08. The molecule has 1 atom stereocenters. The molecule has 74 valence electrons. The first-order valence-electron chi connectivity index (χ1n) is 3.83. The molecule has 0 aliphatic rings. The minimum atomic E-state index is -4.10. The molecular formula is C7H13ClF3N. The van der Waals surface area contributed by atoms with E-state index in [9.17, 15) is 13.2 Å². The van der Waals surface area contributed by atoms with Crippen LogP contribution in [-0.2, 0) is 0 Å². The third-order valence-corrected chi connectivity index (χ3v) is 1.50. The molecule has 0 aromatic carbocycles. The number of hydrogen-bond acceptors (Lipinski definition) is 1. The van der Waals surface area contributed by atoms with E-state index in [0.29, 0.717) is 13.0 Å². The third-order valence-electron chi connectivity index (χ3n) is 1.28. The molecule has 0 aliphatic carbocycles. The number of halogens is 4. The summed E-state index contributed by atoms with van der Waals surface area (Å²) < 4.78 is 34.7. The molecule has 0 saturated heterocycles. The van der Waals surface area contributed by atoms with Gasteiger partial charge in [-0.3, -0.25) is 0 Å². The standard InChI is InChI=1S/C7H13ClF3N/c1-6(8)3-2-4-12-5-7(9,10)11/h6,12H,2-5H2,1H3. The summed E-state index contributed by atoms with van der Waals surface area (Å²) in [4.78, 5) is 0. The van der Waals surface area contributed by atoms with Gasteiger partial charge in [-0.05, 0) is 26.3 Å². The Kier molecular flexibility index (Phi) is 5.66. The lowest BCUT2D eigenvalue weighted by Crippen LogP contribution is -2.29. The van der Waals surface area contributed by atoms with Crippen LogP contribution in [0.25, 0.3) is 0 Å². The summed E-state index contributed by atoms with van der Waals surface area (Å²) in [5.74, 6) is 0. The molecule has 1 nitrogen and oxygen atoms in total. The first-order valence-corrected chi connectivity index (χ1v) is 4.27. The Hall–Kier alpha value is 0.0400. The smallest absolute Gasteiger partial charge is 0.309 e. The van der Waals surface area contributed by atoms with Gasteiger partial charge in [0.15, 0.2) is 0 Å². The zero-order chi connectivity index (χ0) is 9.61. The van der Waals surface area contributed by atoms with Crippen LogP contribution in [-0.4, -0.2) is 24.6 Å². The van der Waals surface area contributed by atoms with Gasteiger partial charge >= 0.3 is 6.18 Å². The third kappa shape index (κ3) is 10.0. The van der Waals surface area contributed by atoms with Crippen molar-refractivity contribution in [1.29, 1.82) is 0 Å². The van der Waals surface area contributed by atoms with Gasteiger partial charge in [0.1, 0.15) is 0 Å². The predicted octanol–water partition coefficient (Wildman–Crippen LogP) is 2.55. The van der Waals surface area contributed by atoms with Gasteiger partial charge in [-0.1, -0.05) is 0 Å². The summed E-state index contributed by atoms with van der Waals surface area (Å²) in [6.45, 7) is 1.28. The van der Waals surface area contributed by atoms with E-state index < -0.39 is 12.7 Å². The molecule has 0 saturated carbocycles. The van der Waals surface area contributed by atoms with Crippen LogP contribution in [0.4, 0.5) is 13.2 Å². The van der Waals surface area contributed by atoms with E-state index in [4.69, 9.17) is 11.6 Å². The van der Waals surface area contributed by atoms with E-state index in [1.165, 1.54) is 0 Å². The zero-order valence-corrected chi connectivity index (χ0v) is 7.67. The minimum absolute atomic E-state index is 0.0395. The Balaban J connectivity index is 3.12. The Morgan fingerprint density at radius 3 is 2.42 bits per heavy atom. The summed E-state index contributed by atoms with van der Waals surface area (Å²) in [6.07, 6.45) is -2.68. The number of hydrogen-bond donors (Lipinski definition) is 1. The molecule has 0 rings (SSSR count). The molecular weight excluding hydrogens is 191 g/mol. The average Bonchev–Trinajstić information content (AvgIpc) is 1.83. The van der Waals surface area contributed by atoms with E-state index in [2.05, 4.69) is 5.32 Å². The van der Waals surface area contributed by atoms with Crippen molar-refractivity contribution in [3.63, 3.8) is 0 Å². The highest BCUT2D eigenvalue weighted by Crippen LogP contribution is 2.12. The Bertz CT molecular complexity index is 114. The second-order valence-electron chi connectivity index (χ2n) is 2.71. The molecule has 0 fully saturated rings. The molecule has 12 heavy (non-hydrogen) atoms. The topological polar surface area (TPSA) is 12.0 Å².